The molecule has 24 heavy (non-hydrogen) atoms. The molecular weight excluding hydrogens is 320 g/mol. The molecule has 6 heteroatoms. The summed E-state index contributed by atoms with van der Waals surface area (Å²) >= 11 is 1.74. The number of rotatable bonds is 3. The van der Waals surface area contributed by atoms with Gasteiger partial charge >= 0.3 is 0 Å². The van der Waals surface area contributed by atoms with Crippen molar-refractivity contribution in [2.75, 3.05) is 18.8 Å². The van der Waals surface area contributed by atoms with Crippen molar-refractivity contribution in [3.8, 4) is 0 Å². The van der Waals surface area contributed by atoms with E-state index in [0.29, 0.717) is 11.7 Å². The van der Waals surface area contributed by atoms with Crippen LogP contribution in [0.15, 0.2) is 0 Å². The third-order valence-corrected chi connectivity index (χ3v) is 6.16. The zero-order valence-corrected chi connectivity index (χ0v) is 16.1. The Hall–Kier alpha value is -1.04. The highest BCUT2D eigenvalue weighted by Crippen LogP contribution is 2.29. The lowest BCUT2D eigenvalue weighted by Gasteiger charge is -2.33. The molecule has 1 unspecified atom stereocenters. The fraction of sp³-hybridized carbons (Fsp3) is 0.833. The molecule has 0 N–H and O–H groups in total. The molecule has 1 aromatic rings. The fourth-order valence-electron chi connectivity index (χ4n) is 3.59. The van der Waals surface area contributed by atoms with Crippen molar-refractivity contribution in [2.24, 2.45) is 0 Å². The van der Waals surface area contributed by atoms with Crippen LogP contribution in [0.3, 0.4) is 0 Å². The first-order valence-corrected chi connectivity index (χ1v) is 10.3. The summed E-state index contributed by atoms with van der Waals surface area (Å²) in [6.07, 6.45) is 6.95. The summed E-state index contributed by atoms with van der Waals surface area (Å²) in [5.41, 5.74) is 0. The van der Waals surface area contributed by atoms with Gasteiger partial charge in [0, 0.05) is 36.7 Å². The van der Waals surface area contributed by atoms with Crippen molar-refractivity contribution in [2.45, 2.75) is 76.5 Å². The molecule has 0 bridgehead atoms. The highest BCUT2D eigenvalue weighted by molar-refractivity contribution is 8.01. The quantitative estimate of drug-likeness (QED) is 0.840. The highest BCUT2D eigenvalue weighted by atomic mass is 32.2. The fourth-order valence-corrected chi connectivity index (χ4v) is 4.33. The Morgan fingerprint density at radius 2 is 2.00 bits per heavy atom. The van der Waals surface area contributed by atoms with Crippen LogP contribution in [0.2, 0.25) is 0 Å². The van der Waals surface area contributed by atoms with Gasteiger partial charge in [-0.1, -0.05) is 27.2 Å². The van der Waals surface area contributed by atoms with Crippen LogP contribution in [-0.2, 0) is 17.8 Å². The largest absolute Gasteiger partial charge is 0.341 e. The molecule has 3 rings (SSSR count). The molecule has 0 aliphatic carbocycles. The van der Waals surface area contributed by atoms with E-state index in [1.54, 1.807) is 11.8 Å². The average molecular weight is 351 g/mol. The van der Waals surface area contributed by atoms with Gasteiger partial charge in [-0.3, -0.25) is 4.79 Å². The number of carbonyl (C=O) groups excluding carboxylic acids is 1. The van der Waals surface area contributed by atoms with Crippen LogP contribution in [0.5, 0.6) is 0 Å². The van der Waals surface area contributed by atoms with E-state index >= 15 is 0 Å². The summed E-state index contributed by atoms with van der Waals surface area (Å²) in [7, 11) is 0. The Labute approximate surface area is 149 Å². The van der Waals surface area contributed by atoms with Gasteiger partial charge in [0.2, 0.25) is 5.91 Å². The zero-order chi connectivity index (χ0) is 17.2. The molecule has 1 saturated heterocycles. The predicted molar refractivity (Wildman–Crippen MR) is 98.3 cm³/mol. The number of aryl methyl sites for hydroxylation is 1. The number of thioether (sulfide) groups is 1. The number of likely N-dealkylation sites (tertiary alicyclic amines) is 1. The van der Waals surface area contributed by atoms with Gasteiger partial charge in [-0.2, -0.15) is 0 Å². The van der Waals surface area contributed by atoms with Crippen LogP contribution in [0.1, 0.15) is 70.4 Å². The Bertz CT molecular complexity index is 578. The van der Waals surface area contributed by atoms with Crippen LogP contribution >= 0.6 is 11.8 Å². The summed E-state index contributed by atoms with van der Waals surface area (Å²) in [5.74, 6) is 3.47. The Kier molecular flexibility index (Phi) is 5.52. The van der Waals surface area contributed by atoms with E-state index < -0.39 is 0 Å². The third-order valence-electron chi connectivity index (χ3n) is 4.91. The number of hydrogen-bond donors (Lipinski definition) is 0. The van der Waals surface area contributed by atoms with E-state index in [1.807, 2.05) is 4.90 Å². The van der Waals surface area contributed by atoms with Gasteiger partial charge < -0.3 is 9.47 Å². The number of piperidine rings is 1. The Balaban J connectivity index is 1.65. The molecular formula is C18H30N4OS. The first-order chi connectivity index (χ1) is 11.4. The molecule has 0 spiro atoms. The number of amides is 1. The first-order valence-electron chi connectivity index (χ1n) is 9.28. The SMILES string of the molecule is CC(C)(C)SCC(=O)N1CCCC(c2nnc3n2CCCCC3)C1. The van der Waals surface area contributed by atoms with Crippen molar-refractivity contribution in [3.05, 3.63) is 11.6 Å². The van der Waals surface area contributed by atoms with Crippen molar-refractivity contribution in [3.63, 3.8) is 0 Å². The second kappa shape index (κ2) is 7.46. The van der Waals surface area contributed by atoms with Gasteiger partial charge in [0.15, 0.2) is 0 Å². The molecule has 1 amide bonds. The Morgan fingerprint density at radius 1 is 1.17 bits per heavy atom. The number of carbonyl (C=O) groups is 1. The first kappa shape index (κ1) is 17.8. The summed E-state index contributed by atoms with van der Waals surface area (Å²) in [6.45, 7) is 9.23. The van der Waals surface area contributed by atoms with Crippen molar-refractivity contribution < 1.29 is 4.79 Å². The average Bonchev–Trinajstić information content (AvgIpc) is 2.81. The molecule has 134 valence electrons. The van der Waals surface area contributed by atoms with E-state index in [0.717, 1.165) is 50.5 Å². The van der Waals surface area contributed by atoms with Crippen molar-refractivity contribution in [1.82, 2.24) is 19.7 Å². The molecule has 5 nitrogen and oxygen atoms in total. The molecule has 0 saturated carbocycles. The minimum atomic E-state index is 0.134. The van der Waals surface area contributed by atoms with Crippen LogP contribution in [0.25, 0.3) is 0 Å². The van der Waals surface area contributed by atoms with Gasteiger partial charge in [-0.15, -0.1) is 22.0 Å². The van der Waals surface area contributed by atoms with Gasteiger partial charge in [0.25, 0.3) is 0 Å². The zero-order valence-electron chi connectivity index (χ0n) is 15.3. The van der Waals surface area contributed by atoms with Gasteiger partial charge in [0.1, 0.15) is 11.6 Å². The van der Waals surface area contributed by atoms with Crippen LogP contribution in [-0.4, -0.2) is 49.2 Å². The highest BCUT2D eigenvalue weighted by Gasteiger charge is 2.29. The Morgan fingerprint density at radius 3 is 2.79 bits per heavy atom. The normalized spacial score (nSPS) is 22.1. The summed E-state index contributed by atoms with van der Waals surface area (Å²) < 4.78 is 2.48. The van der Waals surface area contributed by atoms with Gasteiger partial charge in [-0.25, -0.2) is 0 Å². The van der Waals surface area contributed by atoms with Crippen LogP contribution in [0, 0.1) is 0 Å². The number of nitrogens with zero attached hydrogens (tertiary/aromatic N) is 4. The molecule has 0 aromatic carbocycles. The third kappa shape index (κ3) is 4.32. The van der Waals surface area contributed by atoms with Crippen LogP contribution in [0.4, 0.5) is 0 Å². The monoisotopic (exact) mass is 350 g/mol. The molecule has 1 fully saturated rings. The summed E-state index contributed by atoms with van der Waals surface area (Å²) in [4.78, 5) is 14.6. The maximum Gasteiger partial charge on any atom is 0.232 e. The summed E-state index contributed by atoms with van der Waals surface area (Å²) in [6, 6.07) is 0. The lowest BCUT2D eigenvalue weighted by molar-refractivity contribution is -0.129. The number of fused-ring (bicyclic) bond motifs is 1. The lowest BCUT2D eigenvalue weighted by Crippen LogP contribution is -2.41. The second-order valence-electron chi connectivity index (χ2n) is 8.02. The van der Waals surface area contributed by atoms with Gasteiger partial charge in [-0.05, 0) is 25.7 Å². The molecule has 2 aliphatic rings. The van der Waals surface area contributed by atoms with Gasteiger partial charge in [0.05, 0.1) is 5.75 Å². The summed E-state index contributed by atoms with van der Waals surface area (Å²) in [5, 5.41) is 8.95. The van der Waals surface area contributed by atoms with Crippen LogP contribution < -0.4 is 0 Å². The second-order valence-corrected chi connectivity index (χ2v) is 9.82. The predicted octanol–water partition coefficient (Wildman–Crippen LogP) is 3.24. The minimum absolute atomic E-state index is 0.134. The lowest BCUT2D eigenvalue weighted by atomic mass is 9.97. The minimum Gasteiger partial charge on any atom is -0.341 e. The molecule has 2 aliphatic heterocycles. The number of aromatic nitrogens is 3. The molecule has 0 radical (unpaired) electrons. The van der Waals surface area contributed by atoms with Crippen molar-refractivity contribution in [1.29, 1.82) is 0 Å². The number of hydrogen-bond acceptors (Lipinski definition) is 4. The molecule has 1 atom stereocenters. The van der Waals surface area contributed by atoms with E-state index in [9.17, 15) is 4.79 Å². The van der Waals surface area contributed by atoms with E-state index in [2.05, 4.69) is 35.5 Å². The molecule has 3 heterocycles. The van der Waals surface area contributed by atoms with E-state index in [-0.39, 0.29) is 10.7 Å². The van der Waals surface area contributed by atoms with E-state index in [1.165, 1.54) is 19.3 Å². The maximum atomic E-state index is 12.6. The van der Waals surface area contributed by atoms with Crippen molar-refractivity contribution >= 4 is 17.7 Å². The maximum absolute atomic E-state index is 12.6. The smallest absolute Gasteiger partial charge is 0.232 e. The van der Waals surface area contributed by atoms with E-state index in [4.69, 9.17) is 0 Å². The standard InChI is InChI=1S/C18H30N4OS/c1-18(2,3)24-13-16(23)21-10-7-8-14(12-21)17-20-19-15-9-5-4-6-11-22(15)17/h14H,4-13H2,1-3H3. The topological polar surface area (TPSA) is 51.0 Å². The molecule has 1 aromatic heterocycles.